The van der Waals surface area contributed by atoms with Crippen molar-refractivity contribution in [2.45, 2.75) is 76.3 Å². The summed E-state index contributed by atoms with van der Waals surface area (Å²) in [5, 5.41) is 22.3. The second-order valence-corrected chi connectivity index (χ2v) is 12.2. The average Bonchev–Trinajstić information content (AvgIpc) is 2.88. The Morgan fingerprint density at radius 3 is 1.54 bits per heavy atom. The predicted molar refractivity (Wildman–Crippen MR) is 131 cm³/mol. The van der Waals surface area contributed by atoms with Crippen molar-refractivity contribution in [1.82, 2.24) is 0 Å². The summed E-state index contributed by atoms with van der Waals surface area (Å²) in [5.41, 5.74) is 1.62. The van der Waals surface area contributed by atoms with Crippen LogP contribution in [0.2, 0.25) is 0 Å². The van der Waals surface area contributed by atoms with Gasteiger partial charge in [-0.1, -0.05) is 61.8 Å². The van der Waals surface area contributed by atoms with Gasteiger partial charge >= 0.3 is 0 Å². The van der Waals surface area contributed by atoms with Gasteiger partial charge in [-0.25, -0.2) is 0 Å². The molecule has 2 saturated heterocycles. The van der Waals surface area contributed by atoms with E-state index in [2.05, 4.69) is 26.0 Å². The molecule has 2 N–H and O–H groups in total. The molecule has 2 aliphatic rings. The molecule has 3 rings (SSSR count). The second kappa shape index (κ2) is 7.39. The molecule has 4 atom stereocenters. The predicted octanol–water partition coefficient (Wildman–Crippen LogP) is 4.99. The Labute approximate surface area is 187 Å². The van der Waals surface area contributed by atoms with Crippen molar-refractivity contribution >= 4 is 68.0 Å². The normalized spacial score (nSPS) is 33.5. The number of aliphatic hydroxyl groups is 2. The summed E-state index contributed by atoms with van der Waals surface area (Å²) in [4.78, 5) is 3.71. The minimum Gasteiger partial charge on any atom is -0.370 e. The van der Waals surface area contributed by atoms with Crippen molar-refractivity contribution in [2.24, 2.45) is 0 Å². The highest BCUT2D eigenvalue weighted by Gasteiger charge is 2.49. The maximum atomic E-state index is 11.2. The molecule has 0 bridgehead atoms. The Balaban J connectivity index is 2.24. The second-order valence-electron chi connectivity index (χ2n) is 8.25. The Bertz CT molecular complexity index is 776. The molecule has 2 heterocycles. The van der Waals surface area contributed by atoms with Gasteiger partial charge in [0.1, 0.15) is 8.64 Å². The zero-order chi connectivity index (χ0) is 21.2. The third-order valence-corrected chi connectivity index (χ3v) is 9.20. The molecular weight excluding hydrogens is 429 g/mol. The maximum absolute atomic E-state index is 11.2. The van der Waals surface area contributed by atoms with Crippen LogP contribution < -0.4 is 9.80 Å². The molecule has 0 aliphatic carbocycles. The molecule has 4 unspecified atom stereocenters. The Morgan fingerprint density at radius 2 is 1.29 bits per heavy atom. The molecule has 8 heteroatoms. The fourth-order valence-electron chi connectivity index (χ4n) is 3.55. The van der Waals surface area contributed by atoms with E-state index in [4.69, 9.17) is 24.4 Å². The highest BCUT2D eigenvalue weighted by molar-refractivity contribution is 8.24. The summed E-state index contributed by atoms with van der Waals surface area (Å²) < 4.78 is 1.32. The smallest absolute Gasteiger partial charge is 0.152 e. The summed E-state index contributed by atoms with van der Waals surface area (Å²) in [7, 11) is 0. The lowest BCUT2D eigenvalue weighted by Gasteiger charge is -2.38. The van der Waals surface area contributed by atoms with E-state index in [1.807, 2.05) is 30.6 Å². The van der Waals surface area contributed by atoms with Crippen LogP contribution in [0.1, 0.15) is 58.6 Å². The van der Waals surface area contributed by atoms with Gasteiger partial charge in [0.15, 0.2) is 11.4 Å². The van der Waals surface area contributed by atoms with Gasteiger partial charge in [-0.3, -0.25) is 9.80 Å². The van der Waals surface area contributed by atoms with Gasteiger partial charge in [0.05, 0.1) is 21.9 Å². The first-order chi connectivity index (χ1) is 12.8. The molecule has 4 nitrogen and oxygen atoms in total. The van der Waals surface area contributed by atoms with Crippen molar-refractivity contribution in [1.29, 1.82) is 0 Å². The number of anilines is 2. The molecule has 0 amide bonds. The monoisotopic (exact) mass is 456 g/mol. The molecule has 0 spiro atoms. The fraction of sp³-hybridized carbons (Fsp3) is 0.600. The largest absolute Gasteiger partial charge is 0.370 e. The van der Waals surface area contributed by atoms with Crippen LogP contribution >= 0.6 is 48.0 Å². The van der Waals surface area contributed by atoms with Crippen molar-refractivity contribution in [3.8, 4) is 0 Å². The van der Waals surface area contributed by atoms with Crippen LogP contribution in [0.4, 0.5) is 11.4 Å². The van der Waals surface area contributed by atoms with E-state index in [1.165, 1.54) is 23.5 Å². The van der Waals surface area contributed by atoms with Gasteiger partial charge in [0, 0.05) is 0 Å². The van der Waals surface area contributed by atoms with Gasteiger partial charge < -0.3 is 10.2 Å². The molecule has 2 fully saturated rings. The number of thioether (sulfide) groups is 2. The quantitative estimate of drug-likeness (QED) is 0.617. The first-order valence-electron chi connectivity index (χ1n) is 9.41. The van der Waals surface area contributed by atoms with Gasteiger partial charge in [0.25, 0.3) is 0 Å². The number of benzene rings is 1. The van der Waals surface area contributed by atoms with Crippen LogP contribution in [0, 0.1) is 6.92 Å². The Hall–Kier alpha value is -0.380. The SMILES string of the molecule is Cc1c(N2C(=S)SC(C)C2(C)O)cc(C(C)C)cc1N1C(=S)SC(C)C1(C)O. The third-order valence-electron chi connectivity index (χ3n) is 5.89. The lowest BCUT2D eigenvalue weighted by Crippen LogP contribution is -2.49. The minimum absolute atomic E-state index is 0.0443. The molecule has 0 saturated carbocycles. The lowest BCUT2D eigenvalue weighted by atomic mass is 9.96. The molecular formula is C20H28N2O2S4. The van der Waals surface area contributed by atoms with Crippen molar-refractivity contribution < 1.29 is 10.2 Å². The van der Waals surface area contributed by atoms with Gasteiger partial charge in [0.2, 0.25) is 0 Å². The van der Waals surface area contributed by atoms with Crippen molar-refractivity contribution in [3.05, 3.63) is 23.3 Å². The molecule has 1 aromatic rings. The molecule has 0 radical (unpaired) electrons. The number of thiocarbonyl (C=S) groups is 2. The zero-order valence-corrected chi connectivity index (χ0v) is 20.6. The van der Waals surface area contributed by atoms with E-state index in [0.717, 1.165) is 22.5 Å². The van der Waals surface area contributed by atoms with Crippen molar-refractivity contribution in [2.75, 3.05) is 9.80 Å². The molecule has 28 heavy (non-hydrogen) atoms. The van der Waals surface area contributed by atoms with Crippen molar-refractivity contribution in [3.63, 3.8) is 0 Å². The molecule has 0 aromatic heterocycles. The average molecular weight is 457 g/mol. The fourth-order valence-corrected chi connectivity index (χ4v) is 7.02. The maximum Gasteiger partial charge on any atom is 0.152 e. The molecule has 2 aliphatic heterocycles. The van der Waals surface area contributed by atoms with Gasteiger partial charge in [-0.2, -0.15) is 0 Å². The third kappa shape index (κ3) is 3.40. The summed E-state index contributed by atoms with van der Waals surface area (Å²) in [5.74, 6) is 0.274. The van der Waals surface area contributed by atoms with Crippen LogP contribution in [0.5, 0.6) is 0 Å². The molecule has 1 aromatic carbocycles. The van der Waals surface area contributed by atoms with Crippen LogP contribution in [-0.4, -0.2) is 40.8 Å². The van der Waals surface area contributed by atoms with Gasteiger partial charge in [-0.05, 0) is 63.8 Å². The van der Waals surface area contributed by atoms with E-state index < -0.39 is 11.4 Å². The standard InChI is InChI=1S/C20H28N2O2S4/c1-10(2)14-8-15(21-17(25)27-12(4)19(21,6)23)11(3)16(9-14)22-18(26)28-13(5)20(22,7)24/h8-10,12-13,23-24H,1-7H3. The number of hydrogen-bond acceptors (Lipinski definition) is 6. The van der Waals surface area contributed by atoms with Gasteiger partial charge in [-0.15, -0.1) is 0 Å². The highest BCUT2D eigenvalue weighted by Crippen LogP contribution is 2.48. The Kier molecular flexibility index (Phi) is 5.89. The first-order valence-corrected chi connectivity index (χ1v) is 12.0. The minimum atomic E-state index is -1.09. The first kappa shape index (κ1) is 22.3. The van der Waals surface area contributed by atoms with E-state index >= 15 is 0 Å². The van der Waals surface area contributed by atoms with E-state index in [-0.39, 0.29) is 16.4 Å². The topological polar surface area (TPSA) is 46.9 Å². The van der Waals surface area contributed by atoms with Crippen LogP contribution in [-0.2, 0) is 0 Å². The zero-order valence-electron chi connectivity index (χ0n) is 17.3. The van der Waals surface area contributed by atoms with E-state index in [0.29, 0.717) is 8.64 Å². The number of rotatable bonds is 3. The Morgan fingerprint density at radius 1 is 0.929 bits per heavy atom. The number of nitrogens with zero attached hydrogens (tertiary/aromatic N) is 2. The molecule has 154 valence electrons. The highest BCUT2D eigenvalue weighted by atomic mass is 32.2. The summed E-state index contributed by atoms with van der Waals surface area (Å²) in [6.45, 7) is 13.9. The summed E-state index contributed by atoms with van der Waals surface area (Å²) in [6.07, 6.45) is 0. The number of hydrogen-bond donors (Lipinski definition) is 2. The van der Waals surface area contributed by atoms with E-state index in [1.54, 1.807) is 13.8 Å². The lowest BCUT2D eigenvalue weighted by molar-refractivity contribution is 0.0759. The van der Waals surface area contributed by atoms with E-state index in [9.17, 15) is 10.2 Å². The summed E-state index contributed by atoms with van der Waals surface area (Å²) >= 11 is 14.2. The van der Waals surface area contributed by atoms with Crippen LogP contribution in [0.15, 0.2) is 12.1 Å². The van der Waals surface area contributed by atoms with Crippen LogP contribution in [0.3, 0.4) is 0 Å². The van der Waals surface area contributed by atoms with Crippen LogP contribution in [0.25, 0.3) is 0 Å². The summed E-state index contributed by atoms with van der Waals surface area (Å²) in [6, 6.07) is 4.21.